The molecule has 2 N–H and O–H groups in total. The molecule has 0 radical (unpaired) electrons. The van der Waals surface area contributed by atoms with Crippen molar-refractivity contribution in [2.24, 2.45) is 0 Å². The molecule has 8 heteroatoms. The minimum atomic E-state index is -0.0702. The Bertz CT molecular complexity index is 449. The van der Waals surface area contributed by atoms with Crippen molar-refractivity contribution in [2.75, 3.05) is 38.0 Å². The van der Waals surface area contributed by atoms with E-state index >= 15 is 0 Å². The quantitative estimate of drug-likeness (QED) is 0.809. The Morgan fingerprint density at radius 1 is 1.42 bits per heavy atom. The van der Waals surface area contributed by atoms with E-state index in [1.807, 2.05) is 0 Å². The summed E-state index contributed by atoms with van der Waals surface area (Å²) in [6.45, 7) is 4.15. The van der Waals surface area contributed by atoms with Gasteiger partial charge in [0.1, 0.15) is 9.21 Å². The molecule has 0 bridgehead atoms. The zero-order chi connectivity index (χ0) is 13.7. The maximum Gasteiger partial charge on any atom is 0.239 e. The highest BCUT2D eigenvalue weighted by molar-refractivity contribution is 9.11. The van der Waals surface area contributed by atoms with Crippen LogP contribution in [0.5, 0.6) is 0 Å². The van der Waals surface area contributed by atoms with Crippen LogP contribution in [0.25, 0.3) is 0 Å². The summed E-state index contributed by atoms with van der Waals surface area (Å²) in [5.74, 6) is 0.375. The number of carbonyl (C=O) groups is 1. The molecule has 0 atom stereocenters. The molecule has 1 aliphatic heterocycles. The first-order chi connectivity index (χ1) is 9.15. The number of amides is 1. The molecular weight excluding hydrogens is 378 g/mol. The second-order valence-corrected chi connectivity index (χ2v) is 5.82. The average molecular weight is 393 g/mol. The number of hydrogen-bond acceptors (Lipinski definition) is 5. The molecule has 0 saturated carbocycles. The molecular formula is C11H15Br2N5O. The predicted octanol–water partition coefficient (Wildman–Crippen LogP) is 1.24. The van der Waals surface area contributed by atoms with E-state index in [0.717, 1.165) is 32.6 Å². The standard InChI is InChI=1S/C11H15Br2N5O/c12-8-6-15-11(10(13)16-8)17-9(19)7-18-4-1-2-14-3-5-18/h6,14H,1-5,7H2,(H,15,17,19). The average Bonchev–Trinajstić information content (AvgIpc) is 2.61. The first kappa shape index (κ1) is 14.8. The van der Waals surface area contributed by atoms with Crippen LogP contribution in [0.4, 0.5) is 5.82 Å². The summed E-state index contributed by atoms with van der Waals surface area (Å²) in [6, 6.07) is 0. The summed E-state index contributed by atoms with van der Waals surface area (Å²) in [5.41, 5.74) is 0. The largest absolute Gasteiger partial charge is 0.315 e. The van der Waals surface area contributed by atoms with Crippen LogP contribution in [-0.2, 0) is 4.79 Å². The summed E-state index contributed by atoms with van der Waals surface area (Å²) in [5, 5.41) is 6.07. The summed E-state index contributed by atoms with van der Waals surface area (Å²) < 4.78 is 1.14. The minimum absolute atomic E-state index is 0.0702. The van der Waals surface area contributed by atoms with Gasteiger partial charge in [-0.3, -0.25) is 9.69 Å². The van der Waals surface area contributed by atoms with Gasteiger partial charge in [0.25, 0.3) is 0 Å². The highest BCUT2D eigenvalue weighted by Crippen LogP contribution is 2.19. The van der Waals surface area contributed by atoms with Gasteiger partial charge in [-0.25, -0.2) is 9.97 Å². The molecule has 0 aromatic carbocycles. The normalized spacial score (nSPS) is 16.9. The number of nitrogens with one attached hydrogen (secondary N) is 2. The van der Waals surface area contributed by atoms with Gasteiger partial charge < -0.3 is 10.6 Å². The molecule has 1 aromatic heterocycles. The number of halogens is 2. The van der Waals surface area contributed by atoms with Crippen LogP contribution >= 0.6 is 31.9 Å². The number of carbonyl (C=O) groups excluding carboxylic acids is 1. The topological polar surface area (TPSA) is 70.2 Å². The van der Waals surface area contributed by atoms with Crippen LogP contribution in [-0.4, -0.2) is 53.5 Å². The number of rotatable bonds is 3. The van der Waals surface area contributed by atoms with E-state index in [0.29, 0.717) is 21.6 Å². The first-order valence-electron chi connectivity index (χ1n) is 6.06. The van der Waals surface area contributed by atoms with Crippen molar-refractivity contribution in [1.82, 2.24) is 20.2 Å². The van der Waals surface area contributed by atoms with Gasteiger partial charge in [-0.2, -0.15) is 0 Å². The van der Waals surface area contributed by atoms with E-state index in [4.69, 9.17) is 0 Å². The summed E-state index contributed by atoms with van der Waals surface area (Å²) in [7, 11) is 0. The lowest BCUT2D eigenvalue weighted by atomic mass is 10.4. The third-order valence-corrected chi connectivity index (χ3v) is 3.69. The van der Waals surface area contributed by atoms with Crippen molar-refractivity contribution >= 4 is 43.6 Å². The molecule has 0 spiro atoms. The Labute approximate surface area is 128 Å². The van der Waals surface area contributed by atoms with Crippen LogP contribution in [0.2, 0.25) is 0 Å². The zero-order valence-electron chi connectivity index (χ0n) is 10.3. The molecule has 2 rings (SSSR count). The Balaban J connectivity index is 1.89. The first-order valence-corrected chi connectivity index (χ1v) is 7.65. The smallest absolute Gasteiger partial charge is 0.239 e. The number of nitrogens with zero attached hydrogens (tertiary/aromatic N) is 3. The van der Waals surface area contributed by atoms with Crippen LogP contribution in [0.3, 0.4) is 0 Å². The third-order valence-electron chi connectivity index (χ3n) is 2.76. The molecule has 104 valence electrons. The molecule has 2 heterocycles. The van der Waals surface area contributed by atoms with Crippen LogP contribution in [0.15, 0.2) is 15.4 Å². The highest BCUT2D eigenvalue weighted by atomic mass is 79.9. The van der Waals surface area contributed by atoms with Crippen molar-refractivity contribution < 1.29 is 4.79 Å². The molecule has 1 fully saturated rings. The Morgan fingerprint density at radius 2 is 2.26 bits per heavy atom. The molecule has 1 saturated heterocycles. The van der Waals surface area contributed by atoms with Gasteiger partial charge in [-0.05, 0) is 51.4 Å². The Hall–Kier alpha value is -0.570. The van der Waals surface area contributed by atoms with Crippen LogP contribution in [0, 0.1) is 0 Å². The van der Waals surface area contributed by atoms with Gasteiger partial charge >= 0.3 is 0 Å². The second kappa shape index (κ2) is 7.28. The Morgan fingerprint density at radius 3 is 3.05 bits per heavy atom. The summed E-state index contributed by atoms with van der Waals surface area (Å²) in [4.78, 5) is 22.3. The van der Waals surface area contributed by atoms with Gasteiger partial charge in [-0.1, -0.05) is 0 Å². The minimum Gasteiger partial charge on any atom is -0.315 e. The SMILES string of the molecule is O=C(CN1CCCNCC1)Nc1ncc(Br)nc1Br. The van der Waals surface area contributed by atoms with E-state index < -0.39 is 0 Å². The lowest BCUT2D eigenvalue weighted by Crippen LogP contribution is -2.35. The van der Waals surface area contributed by atoms with Crippen molar-refractivity contribution in [3.8, 4) is 0 Å². The van der Waals surface area contributed by atoms with Gasteiger partial charge in [-0.15, -0.1) is 0 Å². The maximum atomic E-state index is 12.0. The molecule has 1 amide bonds. The lowest BCUT2D eigenvalue weighted by Gasteiger charge is -2.18. The Kier molecular flexibility index (Phi) is 5.68. The fourth-order valence-corrected chi connectivity index (χ4v) is 2.78. The fraction of sp³-hybridized carbons (Fsp3) is 0.545. The van der Waals surface area contributed by atoms with Crippen molar-refractivity contribution in [2.45, 2.75) is 6.42 Å². The maximum absolute atomic E-state index is 12.0. The van der Waals surface area contributed by atoms with E-state index in [1.165, 1.54) is 0 Å². The van der Waals surface area contributed by atoms with Crippen LogP contribution < -0.4 is 10.6 Å². The van der Waals surface area contributed by atoms with E-state index in [9.17, 15) is 4.79 Å². The number of aromatic nitrogens is 2. The molecule has 1 aliphatic rings. The summed E-state index contributed by atoms with van der Waals surface area (Å²) >= 11 is 6.49. The molecule has 0 unspecified atom stereocenters. The molecule has 0 aliphatic carbocycles. The third kappa shape index (κ3) is 4.79. The zero-order valence-corrected chi connectivity index (χ0v) is 13.5. The van der Waals surface area contributed by atoms with Crippen molar-refractivity contribution in [3.63, 3.8) is 0 Å². The summed E-state index contributed by atoms with van der Waals surface area (Å²) in [6.07, 6.45) is 2.62. The number of hydrogen-bond donors (Lipinski definition) is 2. The number of anilines is 1. The monoisotopic (exact) mass is 391 g/mol. The van der Waals surface area contributed by atoms with Gasteiger partial charge in [0.15, 0.2) is 5.82 Å². The van der Waals surface area contributed by atoms with E-state index in [-0.39, 0.29) is 5.91 Å². The van der Waals surface area contributed by atoms with Gasteiger partial charge in [0.2, 0.25) is 5.91 Å². The lowest BCUT2D eigenvalue weighted by molar-refractivity contribution is -0.117. The van der Waals surface area contributed by atoms with Gasteiger partial charge in [0.05, 0.1) is 12.7 Å². The molecule has 19 heavy (non-hydrogen) atoms. The van der Waals surface area contributed by atoms with Crippen LogP contribution in [0.1, 0.15) is 6.42 Å². The van der Waals surface area contributed by atoms with Gasteiger partial charge in [0, 0.05) is 13.1 Å². The second-order valence-electron chi connectivity index (χ2n) is 4.26. The van der Waals surface area contributed by atoms with Crippen molar-refractivity contribution in [1.29, 1.82) is 0 Å². The fourth-order valence-electron chi connectivity index (χ4n) is 1.86. The molecule has 6 nitrogen and oxygen atoms in total. The highest BCUT2D eigenvalue weighted by Gasteiger charge is 2.14. The van der Waals surface area contributed by atoms with E-state index in [1.54, 1.807) is 6.20 Å². The predicted molar refractivity (Wildman–Crippen MR) is 80.0 cm³/mol. The van der Waals surface area contributed by atoms with E-state index in [2.05, 4.69) is 57.4 Å². The van der Waals surface area contributed by atoms with Crippen molar-refractivity contribution in [3.05, 3.63) is 15.4 Å². The molecule has 1 aromatic rings.